The highest BCUT2D eigenvalue weighted by atomic mass is 32.2. The highest BCUT2D eigenvalue weighted by molar-refractivity contribution is 7.86. The van der Waals surface area contributed by atoms with Gasteiger partial charge in [0.25, 0.3) is 10.1 Å². The number of halogens is 1. The van der Waals surface area contributed by atoms with Crippen LogP contribution in [0.5, 0.6) is 5.75 Å². The Hall–Kier alpha value is -1.14. The average Bonchev–Trinajstić information content (AvgIpc) is 2.42. The van der Waals surface area contributed by atoms with Crippen molar-refractivity contribution in [1.29, 1.82) is 0 Å². The third kappa shape index (κ3) is 6.91. The molecule has 1 aromatic carbocycles. The van der Waals surface area contributed by atoms with Crippen LogP contribution in [-0.2, 0) is 10.1 Å². The zero-order chi connectivity index (χ0) is 15.7. The summed E-state index contributed by atoms with van der Waals surface area (Å²) in [6.07, 6.45) is 4.86. The SMILES string of the molecule is CCCCCCCCC(F)Oc1ccccc1S(=O)(=O)O. The zero-order valence-electron chi connectivity index (χ0n) is 12.3. The summed E-state index contributed by atoms with van der Waals surface area (Å²) in [5.41, 5.74) is 0. The van der Waals surface area contributed by atoms with Crippen molar-refractivity contribution in [3.8, 4) is 5.75 Å². The fraction of sp³-hybridized carbons (Fsp3) is 0.600. The van der Waals surface area contributed by atoms with Crippen molar-refractivity contribution in [1.82, 2.24) is 0 Å². The van der Waals surface area contributed by atoms with Crippen molar-refractivity contribution in [2.45, 2.75) is 63.1 Å². The molecule has 1 N–H and O–H groups in total. The molecule has 0 fully saturated rings. The third-order valence-corrected chi connectivity index (χ3v) is 4.06. The van der Waals surface area contributed by atoms with Crippen LogP contribution in [0.25, 0.3) is 0 Å². The molecule has 1 aromatic rings. The molecule has 0 aromatic heterocycles. The molecule has 0 radical (unpaired) electrons. The summed E-state index contributed by atoms with van der Waals surface area (Å²) >= 11 is 0. The first kappa shape index (κ1) is 17.9. The second-order valence-corrected chi connectivity index (χ2v) is 6.40. The average molecular weight is 318 g/mol. The quantitative estimate of drug-likeness (QED) is 0.514. The number of alkyl halides is 1. The van der Waals surface area contributed by atoms with Crippen LogP contribution in [-0.4, -0.2) is 19.3 Å². The van der Waals surface area contributed by atoms with Crippen molar-refractivity contribution >= 4 is 10.1 Å². The Balaban J connectivity index is 2.43. The van der Waals surface area contributed by atoms with Crippen LogP contribution in [0.4, 0.5) is 4.39 Å². The van der Waals surface area contributed by atoms with Crippen molar-refractivity contribution in [3.05, 3.63) is 24.3 Å². The Morgan fingerprint density at radius 2 is 1.76 bits per heavy atom. The maximum absolute atomic E-state index is 13.7. The number of hydrogen-bond acceptors (Lipinski definition) is 3. The molecule has 1 rings (SSSR count). The van der Waals surface area contributed by atoms with Crippen molar-refractivity contribution < 1.29 is 22.1 Å². The van der Waals surface area contributed by atoms with Gasteiger partial charge >= 0.3 is 0 Å². The maximum atomic E-state index is 13.7. The lowest BCUT2D eigenvalue weighted by Crippen LogP contribution is -2.12. The highest BCUT2D eigenvalue weighted by Crippen LogP contribution is 2.25. The van der Waals surface area contributed by atoms with Gasteiger partial charge in [-0.3, -0.25) is 4.55 Å². The summed E-state index contributed by atoms with van der Waals surface area (Å²) in [5, 5.41) is 0. The van der Waals surface area contributed by atoms with E-state index in [1.807, 2.05) is 0 Å². The zero-order valence-corrected chi connectivity index (χ0v) is 13.1. The van der Waals surface area contributed by atoms with Crippen LogP contribution >= 0.6 is 0 Å². The smallest absolute Gasteiger partial charge is 0.298 e. The van der Waals surface area contributed by atoms with Crippen LogP contribution < -0.4 is 4.74 Å². The van der Waals surface area contributed by atoms with E-state index in [0.717, 1.165) is 19.3 Å². The topological polar surface area (TPSA) is 63.6 Å². The van der Waals surface area contributed by atoms with Gasteiger partial charge in [0.2, 0.25) is 6.36 Å². The van der Waals surface area contributed by atoms with E-state index in [2.05, 4.69) is 6.92 Å². The largest absolute Gasteiger partial charge is 0.459 e. The van der Waals surface area contributed by atoms with E-state index in [1.165, 1.54) is 37.1 Å². The molecule has 21 heavy (non-hydrogen) atoms. The molecule has 0 aliphatic carbocycles. The third-order valence-electron chi connectivity index (χ3n) is 3.17. The monoisotopic (exact) mass is 318 g/mol. The summed E-state index contributed by atoms with van der Waals surface area (Å²) in [4.78, 5) is -0.407. The van der Waals surface area contributed by atoms with Crippen LogP contribution in [0.15, 0.2) is 29.2 Å². The Morgan fingerprint density at radius 1 is 1.14 bits per heavy atom. The molecule has 1 atom stereocenters. The van der Waals surface area contributed by atoms with E-state index in [1.54, 1.807) is 0 Å². The first-order valence-corrected chi connectivity index (χ1v) is 8.76. The van der Waals surface area contributed by atoms with E-state index in [0.29, 0.717) is 6.42 Å². The number of benzene rings is 1. The molecule has 6 heteroatoms. The number of ether oxygens (including phenoxy) is 1. The maximum Gasteiger partial charge on any atom is 0.298 e. The molecule has 1 unspecified atom stereocenters. The van der Waals surface area contributed by atoms with E-state index in [9.17, 15) is 12.8 Å². The second-order valence-electron chi connectivity index (χ2n) is 5.01. The summed E-state index contributed by atoms with van der Waals surface area (Å²) < 4.78 is 50.1. The van der Waals surface area contributed by atoms with Crippen molar-refractivity contribution in [3.63, 3.8) is 0 Å². The van der Waals surface area contributed by atoms with Crippen LogP contribution in [0, 0.1) is 0 Å². The van der Waals surface area contributed by atoms with Gasteiger partial charge in [0.1, 0.15) is 10.6 Å². The Kier molecular flexibility index (Phi) is 7.67. The second kappa shape index (κ2) is 9.00. The van der Waals surface area contributed by atoms with Gasteiger partial charge in [0.15, 0.2) is 0 Å². The van der Waals surface area contributed by atoms with Gasteiger partial charge in [-0.1, -0.05) is 51.2 Å². The minimum Gasteiger partial charge on any atom is -0.459 e. The lowest BCUT2D eigenvalue weighted by atomic mass is 10.1. The first-order valence-electron chi connectivity index (χ1n) is 7.32. The molecule has 4 nitrogen and oxygen atoms in total. The van der Waals surface area contributed by atoms with Crippen molar-refractivity contribution in [2.75, 3.05) is 0 Å². The highest BCUT2D eigenvalue weighted by Gasteiger charge is 2.18. The molecule has 0 aliphatic rings. The van der Waals surface area contributed by atoms with Gasteiger partial charge in [-0.2, -0.15) is 8.42 Å². The van der Waals surface area contributed by atoms with E-state index in [-0.39, 0.29) is 12.2 Å². The minimum atomic E-state index is -4.41. The molecule has 0 aliphatic heterocycles. The molecular formula is C15H23FO4S. The van der Waals surface area contributed by atoms with Gasteiger partial charge in [-0.05, 0) is 18.6 Å². The molecule has 0 spiro atoms. The first-order chi connectivity index (χ1) is 9.95. The summed E-state index contributed by atoms with van der Waals surface area (Å²) in [7, 11) is -4.41. The Morgan fingerprint density at radius 3 is 2.43 bits per heavy atom. The standard InChI is InChI=1S/C15H23FO4S/c1-2-3-4-5-6-7-12-15(16)20-13-10-8-9-11-14(13)21(17,18)19/h8-11,15H,2-7,12H2,1H3,(H,17,18,19). The predicted molar refractivity (Wildman–Crippen MR) is 79.8 cm³/mol. The fourth-order valence-electron chi connectivity index (χ4n) is 2.04. The van der Waals surface area contributed by atoms with Crippen LogP contribution in [0.3, 0.4) is 0 Å². The van der Waals surface area contributed by atoms with Crippen molar-refractivity contribution in [2.24, 2.45) is 0 Å². The van der Waals surface area contributed by atoms with E-state index >= 15 is 0 Å². The molecule has 120 valence electrons. The van der Waals surface area contributed by atoms with Crippen LogP contribution in [0.2, 0.25) is 0 Å². The molecule has 0 heterocycles. The summed E-state index contributed by atoms with van der Waals surface area (Å²) in [5.74, 6) is -0.154. The van der Waals surface area contributed by atoms with Gasteiger partial charge in [-0.25, -0.2) is 4.39 Å². The number of unbranched alkanes of at least 4 members (excludes halogenated alkanes) is 5. The minimum absolute atomic E-state index is 0.154. The lowest BCUT2D eigenvalue weighted by molar-refractivity contribution is 0.0539. The molecule has 0 amide bonds. The number of rotatable bonds is 10. The Bertz CT molecular complexity index is 516. The molecule has 0 saturated heterocycles. The number of para-hydroxylation sites is 1. The van der Waals surface area contributed by atoms with Gasteiger partial charge in [0, 0.05) is 6.42 Å². The molecule has 0 bridgehead atoms. The summed E-state index contributed by atoms with van der Waals surface area (Å²) in [6.45, 7) is 2.14. The lowest BCUT2D eigenvalue weighted by Gasteiger charge is -2.13. The Labute approximate surface area is 126 Å². The molecule has 0 saturated carbocycles. The number of hydrogen-bond donors (Lipinski definition) is 1. The normalized spacial score (nSPS) is 13.1. The predicted octanol–water partition coefficient (Wildman–Crippen LogP) is 4.36. The summed E-state index contributed by atoms with van der Waals surface area (Å²) in [6, 6.07) is 5.48. The van der Waals surface area contributed by atoms with E-state index in [4.69, 9.17) is 9.29 Å². The van der Waals surface area contributed by atoms with E-state index < -0.39 is 21.4 Å². The molecular weight excluding hydrogens is 295 g/mol. The van der Waals surface area contributed by atoms with Crippen LogP contribution in [0.1, 0.15) is 51.9 Å². The van der Waals surface area contributed by atoms with Gasteiger partial charge < -0.3 is 4.74 Å². The van der Waals surface area contributed by atoms with Gasteiger partial charge in [-0.15, -0.1) is 0 Å². The fourth-order valence-corrected chi connectivity index (χ4v) is 2.66. The van der Waals surface area contributed by atoms with Gasteiger partial charge in [0.05, 0.1) is 0 Å².